The van der Waals surface area contributed by atoms with Crippen molar-refractivity contribution in [3.8, 4) is 11.5 Å². The molecular formula is C25H32N2O3. The van der Waals surface area contributed by atoms with E-state index >= 15 is 0 Å². The summed E-state index contributed by atoms with van der Waals surface area (Å²) >= 11 is 0. The fourth-order valence-corrected chi connectivity index (χ4v) is 3.71. The number of ether oxygens (including phenoxy) is 2. The van der Waals surface area contributed by atoms with Crippen molar-refractivity contribution >= 4 is 17.7 Å². The van der Waals surface area contributed by atoms with Gasteiger partial charge >= 0.3 is 0 Å². The van der Waals surface area contributed by atoms with Crippen LogP contribution in [0.3, 0.4) is 0 Å². The van der Waals surface area contributed by atoms with E-state index in [0.29, 0.717) is 25.5 Å². The molecule has 160 valence electrons. The summed E-state index contributed by atoms with van der Waals surface area (Å²) in [6.45, 7) is 7.80. The summed E-state index contributed by atoms with van der Waals surface area (Å²) in [5, 5.41) is 0. The fourth-order valence-electron chi connectivity index (χ4n) is 3.71. The van der Waals surface area contributed by atoms with E-state index < -0.39 is 0 Å². The Morgan fingerprint density at radius 2 is 1.73 bits per heavy atom. The second kappa shape index (κ2) is 10.7. The Morgan fingerprint density at radius 1 is 1.03 bits per heavy atom. The van der Waals surface area contributed by atoms with E-state index in [9.17, 15) is 4.79 Å². The third-order valence-corrected chi connectivity index (χ3v) is 5.21. The maximum atomic E-state index is 12.7. The third-order valence-electron chi connectivity index (χ3n) is 5.21. The molecule has 2 aromatic carbocycles. The highest BCUT2D eigenvalue weighted by atomic mass is 16.5. The van der Waals surface area contributed by atoms with Crippen LogP contribution in [0.4, 0.5) is 5.69 Å². The minimum atomic E-state index is -0.0296. The molecule has 0 aromatic heterocycles. The lowest BCUT2D eigenvalue weighted by Gasteiger charge is -2.24. The van der Waals surface area contributed by atoms with Crippen molar-refractivity contribution in [2.24, 2.45) is 0 Å². The molecule has 1 aliphatic heterocycles. The second-order valence-electron chi connectivity index (χ2n) is 7.42. The number of amides is 1. The highest BCUT2D eigenvalue weighted by Gasteiger charge is 2.17. The first kappa shape index (κ1) is 21.8. The van der Waals surface area contributed by atoms with Crippen molar-refractivity contribution in [1.29, 1.82) is 0 Å². The Balaban J connectivity index is 1.67. The standard InChI is InChI=1S/C25H32N2O3/c1-4-29-23-14-12-20(18-24(23)30-5-2)13-15-25(28)26(3)19-21-10-6-7-11-22(21)27-16-8-9-17-27/h6-7,10-15,18H,4-5,8-9,16-17,19H2,1-3H3/b15-13+. The van der Waals surface area contributed by atoms with Gasteiger partial charge < -0.3 is 19.3 Å². The van der Waals surface area contributed by atoms with Gasteiger partial charge in [0.15, 0.2) is 11.5 Å². The van der Waals surface area contributed by atoms with Crippen LogP contribution in [0.1, 0.15) is 37.8 Å². The van der Waals surface area contributed by atoms with E-state index in [1.54, 1.807) is 11.0 Å². The van der Waals surface area contributed by atoms with Gasteiger partial charge in [-0.25, -0.2) is 0 Å². The van der Waals surface area contributed by atoms with Gasteiger partial charge in [0.2, 0.25) is 5.91 Å². The summed E-state index contributed by atoms with van der Waals surface area (Å²) < 4.78 is 11.3. The lowest BCUT2D eigenvalue weighted by atomic mass is 10.1. The first-order chi connectivity index (χ1) is 14.6. The van der Waals surface area contributed by atoms with E-state index in [-0.39, 0.29) is 5.91 Å². The number of likely N-dealkylation sites (N-methyl/N-ethyl adjacent to an activating group) is 1. The molecule has 2 aromatic rings. The van der Waals surface area contributed by atoms with Gasteiger partial charge in [-0.1, -0.05) is 24.3 Å². The normalized spacial score (nSPS) is 13.6. The molecule has 0 N–H and O–H groups in total. The van der Waals surface area contributed by atoms with Crippen LogP contribution in [0.5, 0.6) is 11.5 Å². The molecule has 0 spiro atoms. The van der Waals surface area contributed by atoms with Crippen molar-refractivity contribution in [2.75, 3.05) is 38.3 Å². The second-order valence-corrected chi connectivity index (χ2v) is 7.42. The number of hydrogen-bond acceptors (Lipinski definition) is 4. The molecule has 0 bridgehead atoms. The molecule has 5 nitrogen and oxygen atoms in total. The van der Waals surface area contributed by atoms with Crippen molar-refractivity contribution in [3.05, 3.63) is 59.7 Å². The maximum absolute atomic E-state index is 12.7. The molecule has 1 aliphatic rings. The zero-order valence-corrected chi connectivity index (χ0v) is 18.3. The number of nitrogens with zero attached hydrogens (tertiary/aromatic N) is 2. The number of anilines is 1. The Hall–Kier alpha value is -2.95. The van der Waals surface area contributed by atoms with Crippen LogP contribution in [0.25, 0.3) is 6.08 Å². The van der Waals surface area contributed by atoms with E-state index in [1.165, 1.54) is 24.1 Å². The van der Waals surface area contributed by atoms with Crippen LogP contribution in [0.15, 0.2) is 48.5 Å². The summed E-state index contributed by atoms with van der Waals surface area (Å²) in [5.74, 6) is 1.39. The predicted octanol–water partition coefficient (Wildman–Crippen LogP) is 4.76. The molecule has 1 fully saturated rings. The van der Waals surface area contributed by atoms with E-state index in [1.807, 2.05) is 51.2 Å². The largest absolute Gasteiger partial charge is 0.490 e. The van der Waals surface area contributed by atoms with Gasteiger partial charge in [-0.15, -0.1) is 0 Å². The molecule has 5 heteroatoms. The van der Waals surface area contributed by atoms with E-state index in [4.69, 9.17) is 9.47 Å². The molecule has 0 radical (unpaired) electrons. The van der Waals surface area contributed by atoms with Crippen LogP contribution in [0, 0.1) is 0 Å². The number of carbonyl (C=O) groups is 1. The SMILES string of the molecule is CCOc1ccc(/C=C/C(=O)N(C)Cc2ccccc2N2CCCC2)cc1OCC. The monoisotopic (exact) mass is 408 g/mol. The van der Waals surface area contributed by atoms with Crippen LogP contribution in [0.2, 0.25) is 0 Å². The molecule has 0 saturated carbocycles. The average Bonchev–Trinajstić information content (AvgIpc) is 3.29. The van der Waals surface area contributed by atoms with Gasteiger partial charge in [0, 0.05) is 38.4 Å². The maximum Gasteiger partial charge on any atom is 0.246 e. The van der Waals surface area contributed by atoms with Gasteiger partial charge in [-0.3, -0.25) is 4.79 Å². The molecule has 3 rings (SSSR count). The van der Waals surface area contributed by atoms with Crippen LogP contribution >= 0.6 is 0 Å². The smallest absolute Gasteiger partial charge is 0.246 e. The Morgan fingerprint density at radius 3 is 2.47 bits per heavy atom. The molecule has 1 heterocycles. The first-order valence-corrected chi connectivity index (χ1v) is 10.8. The zero-order chi connectivity index (χ0) is 21.3. The molecule has 0 unspecified atom stereocenters. The zero-order valence-electron chi connectivity index (χ0n) is 18.3. The van der Waals surface area contributed by atoms with Crippen molar-refractivity contribution in [3.63, 3.8) is 0 Å². The van der Waals surface area contributed by atoms with Gasteiger partial charge in [0.05, 0.1) is 13.2 Å². The average molecular weight is 409 g/mol. The predicted molar refractivity (Wildman–Crippen MR) is 122 cm³/mol. The summed E-state index contributed by atoms with van der Waals surface area (Å²) in [6.07, 6.45) is 5.91. The van der Waals surface area contributed by atoms with Gasteiger partial charge in [-0.2, -0.15) is 0 Å². The topological polar surface area (TPSA) is 42.0 Å². The lowest BCUT2D eigenvalue weighted by molar-refractivity contribution is -0.125. The van der Waals surface area contributed by atoms with E-state index in [0.717, 1.165) is 24.4 Å². The number of carbonyl (C=O) groups excluding carboxylic acids is 1. The minimum absolute atomic E-state index is 0.0296. The molecular weight excluding hydrogens is 376 g/mol. The van der Waals surface area contributed by atoms with Crippen molar-refractivity contribution in [2.45, 2.75) is 33.2 Å². The molecule has 0 atom stereocenters. The minimum Gasteiger partial charge on any atom is -0.490 e. The first-order valence-electron chi connectivity index (χ1n) is 10.8. The Labute approximate surface area is 179 Å². The van der Waals surface area contributed by atoms with Crippen LogP contribution in [-0.2, 0) is 11.3 Å². The summed E-state index contributed by atoms with van der Waals surface area (Å²) in [5.41, 5.74) is 3.33. The quantitative estimate of drug-likeness (QED) is 0.561. The summed E-state index contributed by atoms with van der Waals surface area (Å²) in [6, 6.07) is 14.1. The molecule has 1 saturated heterocycles. The van der Waals surface area contributed by atoms with Gasteiger partial charge in [0.1, 0.15) is 0 Å². The fraction of sp³-hybridized carbons (Fsp3) is 0.400. The Bertz CT molecular complexity index is 872. The molecule has 30 heavy (non-hydrogen) atoms. The number of hydrogen-bond donors (Lipinski definition) is 0. The molecule has 0 aliphatic carbocycles. The summed E-state index contributed by atoms with van der Waals surface area (Å²) in [4.78, 5) is 16.9. The van der Waals surface area contributed by atoms with Gasteiger partial charge in [0.25, 0.3) is 0 Å². The highest BCUT2D eigenvalue weighted by molar-refractivity contribution is 5.91. The number of rotatable bonds is 9. The number of para-hydroxylation sites is 1. The molecule has 1 amide bonds. The number of benzene rings is 2. The van der Waals surface area contributed by atoms with Crippen LogP contribution < -0.4 is 14.4 Å². The lowest BCUT2D eigenvalue weighted by Crippen LogP contribution is -2.26. The van der Waals surface area contributed by atoms with Crippen molar-refractivity contribution < 1.29 is 14.3 Å². The third kappa shape index (κ3) is 5.56. The Kier molecular flexibility index (Phi) is 7.77. The van der Waals surface area contributed by atoms with E-state index in [2.05, 4.69) is 23.1 Å². The van der Waals surface area contributed by atoms with Crippen molar-refractivity contribution in [1.82, 2.24) is 4.90 Å². The highest BCUT2D eigenvalue weighted by Crippen LogP contribution is 2.29. The van der Waals surface area contributed by atoms with Crippen LogP contribution in [-0.4, -0.2) is 44.2 Å². The summed E-state index contributed by atoms with van der Waals surface area (Å²) in [7, 11) is 1.84. The van der Waals surface area contributed by atoms with Gasteiger partial charge in [-0.05, 0) is 62.1 Å².